The largest absolute Gasteiger partial charge is 0.423 e. The van der Waals surface area contributed by atoms with Gasteiger partial charge in [-0.2, -0.15) is 4.98 Å². The maximum Gasteiger partial charge on any atom is 0.298 e. The molecule has 0 radical (unpaired) electrons. The van der Waals surface area contributed by atoms with Crippen molar-refractivity contribution in [1.82, 2.24) is 4.98 Å². The van der Waals surface area contributed by atoms with Crippen LogP contribution in [-0.2, 0) is 0 Å². The van der Waals surface area contributed by atoms with Gasteiger partial charge in [0.2, 0.25) is 0 Å². The Bertz CT molecular complexity index is 584. The topological polar surface area (TPSA) is 55.3 Å². The number of nitrogens with two attached hydrogens (primary N) is 1. The van der Waals surface area contributed by atoms with Gasteiger partial charge in [-0.05, 0) is 43.7 Å². The first-order chi connectivity index (χ1) is 9.69. The highest BCUT2D eigenvalue weighted by Crippen LogP contribution is 2.32. The number of hydrogen-bond donors (Lipinski definition) is 1. The zero-order valence-electron chi connectivity index (χ0n) is 12.3. The fraction of sp³-hybridized carbons (Fsp3) is 0.562. The van der Waals surface area contributed by atoms with Crippen LogP contribution in [0.4, 0.5) is 11.7 Å². The third-order valence-corrected chi connectivity index (χ3v) is 4.68. The highest BCUT2D eigenvalue weighted by Gasteiger charge is 2.25. The molecule has 1 aliphatic carbocycles. The van der Waals surface area contributed by atoms with Gasteiger partial charge in [0.15, 0.2) is 5.58 Å². The predicted octanol–water partition coefficient (Wildman–Crippen LogP) is 3.82. The van der Waals surface area contributed by atoms with Crippen LogP contribution in [0.2, 0.25) is 0 Å². The van der Waals surface area contributed by atoms with Gasteiger partial charge in [0, 0.05) is 13.1 Å². The molecule has 0 spiro atoms. The molecule has 1 heterocycles. The van der Waals surface area contributed by atoms with Crippen molar-refractivity contribution >= 4 is 22.8 Å². The molecule has 1 fully saturated rings. The number of benzene rings is 1. The molecule has 0 aliphatic heterocycles. The van der Waals surface area contributed by atoms with Crippen LogP contribution in [0.3, 0.4) is 0 Å². The lowest BCUT2D eigenvalue weighted by atomic mass is 9.84. The van der Waals surface area contributed by atoms with E-state index in [0.717, 1.165) is 17.0 Å². The van der Waals surface area contributed by atoms with E-state index in [2.05, 4.69) is 23.9 Å². The standard InChI is InChI=1S/C16H23N3O/c1-3-11-7-9-12(10-8-11)19(2)16-18-15-13(17)5-4-6-14(15)20-16/h4-6,11-12H,3,7-10,17H2,1-2H3. The molecular weight excluding hydrogens is 250 g/mol. The fourth-order valence-corrected chi connectivity index (χ4v) is 3.21. The quantitative estimate of drug-likeness (QED) is 0.864. The van der Waals surface area contributed by atoms with E-state index in [9.17, 15) is 0 Å². The molecule has 4 heteroatoms. The summed E-state index contributed by atoms with van der Waals surface area (Å²) in [5.74, 6) is 0.902. The Morgan fingerprint density at radius 3 is 2.70 bits per heavy atom. The van der Waals surface area contributed by atoms with Crippen molar-refractivity contribution in [3.05, 3.63) is 18.2 Å². The number of para-hydroxylation sites is 1. The van der Waals surface area contributed by atoms with Crippen LogP contribution >= 0.6 is 0 Å². The zero-order chi connectivity index (χ0) is 14.1. The molecule has 0 saturated heterocycles. The minimum Gasteiger partial charge on any atom is -0.423 e. The van der Waals surface area contributed by atoms with Gasteiger partial charge in [-0.25, -0.2) is 0 Å². The van der Waals surface area contributed by atoms with Gasteiger partial charge >= 0.3 is 0 Å². The molecule has 1 aliphatic rings. The highest BCUT2D eigenvalue weighted by atomic mass is 16.4. The van der Waals surface area contributed by atoms with Gasteiger partial charge in [0.25, 0.3) is 6.01 Å². The van der Waals surface area contributed by atoms with Crippen molar-refractivity contribution < 1.29 is 4.42 Å². The molecule has 20 heavy (non-hydrogen) atoms. The lowest BCUT2D eigenvalue weighted by molar-refractivity contribution is 0.308. The normalized spacial score (nSPS) is 23.1. The molecule has 108 valence electrons. The Hall–Kier alpha value is -1.71. The molecule has 1 aromatic heterocycles. The van der Waals surface area contributed by atoms with E-state index in [-0.39, 0.29) is 0 Å². The Labute approximate surface area is 120 Å². The summed E-state index contributed by atoms with van der Waals surface area (Å²) in [7, 11) is 2.08. The maximum absolute atomic E-state index is 5.94. The number of nitrogens with zero attached hydrogens (tertiary/aromatic N) is 2. The Kier molecular flexibility index (Phi) is 3.55. The molecule has 1 aromatic carbocycles. The summed E-state index contributed by atoms with van der Waals surface area (Å²) < 4.78 is 5.85. The van der Waals surface area contributed by atoms with Gasteiger partial charge in [-0.1, -0.05) is 19.4 Å². The summed E-state index contributed by atoms with van der Waals surface area (Å²) in [4.78, 5) is 6.75. The Morgan fingerprint density at radius 1 is 1.30 bits per heavy atom. The molecule has 0 bridgehead atoms. The number of anilines is 2. The second-order valence-electron chi connectivity index (χ2n) is 5.88. The van der Waals surface area contributed by atoms with Crippen molar-refractivity contribution in [2.24, 2.45) is 5.92 Å². The number of fused-ring (bicyclic) bond motifs is 1. The number of rotatable bonds is 3. The van der Waals surface area contributed by atoms with E-state index in [4.69, 9.17) is 10.2 Å². The average Bonchev–Trinajstić information content (AvgIpc) is 2.92. The highest BCUT2D eigenvalue weighted by molar-refractivity contribution is 5.86. The monoisotopic (exact) mass is 273 g/mol. The van der Waals surface area contributed by atoms with Crippen LogP contribution in [0.1, 0.15) is 39.0 Å². The molecule has 0 unspecified atom stereocenters. The third-order valence-electron chi connectivity index (χ3n) is 4.68. The van der Waals surface area contributed by atoms with Gasteiger partial charge in [0.05, 0.1) is 5.69 Å². The number of aromatic nitrogens is 1. The average molecular weight is 273 g/mol. The molecular formula is C16H23N3O. The number of nitrogen functional groups attached to an aromatic ring is 1. The summed E-state index contributed by atoms with van der Waals surface area (Å²) in [6.45, 7) is 2.29. The summed E-state index contributed by atoms with van der Waals surface area (Å²) in [5, 5.41) is 0. The lowest BCUT2D eigenvalue weighted by Gasteiger charge is -2.33. The van der Waals surface area contributed by atoms with Gasteiger partial charge in [-0.15, -0.1) is 0 Å². The second kappa shape index (κ2) is 5.35. The van der Waals surface area contributed by atoms with E-state index in [1.165, 1.54) is 32.1 Å². The lowest BCUT2D eigenvalue weighted by Crippen LogP contribution is -2.35. The number of oxazole rings is 1. The molecule has 3 rings (SSSR count). The third kappa shape index (κ3) is 2.35. The smallest absolute Gasteiger partial charge is 0.298 e. The molecule has 4 nitrogen and oxygen atoms in total. The fourth-order valence-electron chi connectivity index (χ4n) is 3.21. The first-order valence-electron chi connectivity index (χ1n) is 7.57. The predicted molar refractivity (Wildman–Crippen MR) is 82.9 cm³/mol. The number of hydrogen-bond acceptors (Lipinski definition) is 4. The maximum atomic E-state index is 5.94. The molecule has 2 N–H and O–H groups in total. The van der Waals surface area contributed by atoms with Crippen molar-refractivity contribution in [2.45, 2.75) is 45.1 Å². The van der Waals surface area contributed by atoms with E-state index < -0.39 is 0 Å². The SMILES string of the molecule is CCC1CCC(N(C)c2nc3c(N)cccc3o2)CC1. The Morgan fingerprint density at radius 2 is 2.05 bits per heavy atom. The van der Waals surface area contributed by atoms with Crippen LogP contribution in [0.25, 0.3) is 11.1 Å². The van der Waals surface area contributed by atoms with E-state index in [1.807, 2.05) is 18.2 Å². The van der Waals surface area contributed by atoms with Gasteiger partial charge < -0.3 is 15.1 Å². The van der Waals surface area contributed by atoms with Crippen molar-refractivity contribution in [2.75, 3.05) is 17.7 Å². The molecule has 1 saturated carbocycles. The van der Waals surface area contributed by atoms with Crippen LogP contribution in [-0.4, -0.2) is 18.1 Å². The Balaban J connectivity index is 1.79. The van der Waals surface area contributed by atoms with Crippen molar-refractivity contribution in [1.29, 1.82) is 0 Å². The molecule has 2 aromatic rings. The van der Waals surface area contributed by atoms with Gasteiger partial charge in [-0.3, -0.25) is 0 Å². The van der Waals surface area contributed by atoms with Crippen molar-refractivity contribution in [3.63, 3.8) is 0 Å². The van der Waals surface area contributed by atoms with E-state index in [1.54, 1.807) is 0 Å². The zero-order valence-corrected chi connectivity index (χ0v) is 12.3. The first-order valence-corrected chi connectivity index (χ1v) is 7.57. The summed E-state index contributed by atoms with van der Waals surface area (Å²) in [5.41, 5.74) is 8.17. The van der Waals surface area contributed by atoms with Crippen LogP contribution < -0.4 is 10.6 Å². The van der Waals surface area contributed by atoms with Crippen molar-refractivity contribution in [3.8, 4) is 0 Å². The van der Waals surface area contributed by atoms with Gasteiger partial charge in [0.1, 0.15) is 5.52 Å². The summed E-state index contributed by atoms with van der Waals surface area (Å²) in [6, 6.07) is 6.91. The molecule has 0 amide bonds. The van der Waals surface area contributed by atoms with E-state index in [0.29, 0.717) is 17.7 Å². The summed E-state index contributed by atoms with van der Waals surface area (Å²) >= 11 is 0. The van der Waals surface area contributed by atoms with Crippen LogP contribution in [0.5, 0.6) is 0 Å². The minimum atomic E-state index is 0.534. The minimum absolute atomic E-state index is 0.534. The molecule has 0 atom stereocenters. The first kappa shape index (κ1) is 13.3. The van der Waals surface area contributed by atoms with E-state index >= 15 is 0 Å². The van der Waals surface area contributed by atoms with Crippen LogP contribution in [0, 0.1) is 5.92 Å². The summed E-state index contributed by atoms with van der Waals surface area (Å²) in [6.07, 6.45) is 6.38. The van der Waals surface area contributed by atoms with Crippen LogP contribution in [0.15, 0.2) is 22.6 Å². The second-order valence-corrected chi connectivity index (χ2v) is 5.88.